The first kappa shape index (κ1) is 22.0. The Labute approximate surface area is 206 Å². The van der Waals surface area contributed by atoms with Crippen LogP contribution in [0, 0.1) is 17.8 Å². The standard InChI is InChI=1S/C29H33N3OS/c1-2-32(29-16-21-13-22(17-29)15-23(14-21)18-29)27(33)20-34-28-30-26(24-9-5-3-6-10-24)19-31(28)25-11-7-4-8-12-25/h3-12,19,21-23H,2,13-18,20H2,1H3. The molecule has 176 valence electrons. The molecule has 4 nitrogen and oxygen atoms in total. The Bertz CT molecular complexity index is 1120. The minimum atomic E-state index is 0.116. The van der Waals surface area contributed by atoms with Crippen molar-refractivity contribution in [3.8, 4) is 16.9 Å². The lowest BCUT2D eigenvalue weighted by Crippen LogP contribution is -2.61. The lowest BCUT2D eigenvalue weighted by Gasteiger charge is -2.60. The highest BCUT2D eigenvalue weighted by atomic mass is 32.2. The van der Waals surface area contributed by atoms with Crippen LogP contribution in [0.1, 0.15) is 45.4 Å². The van der Waals surface area contributed by atoms with E-state index in [0.29, 0.717) is 5.75 Å². The summed E-state index contributed by atoms with van der Waals surface area (Å²) in [4.78, 5) is 20.9. The van der Waals surface area contributed by atoms with Crippen molar-refractivity contribution in [1.29, 1.82) is 0 Å². The Morgan fingerprint density at radius 1 is 0.971 bits per heavy atom. The zero-order valence-corrected chi connectivity index (χ0v) is 20.7. The zero-order valence-electron chi connectivity index (χ0n) is 19.9. The lowest BCUT2D eigenvalue weighted by atomic mass is 9.52. The summed E-state index contributed by atoms with van der Waals surface area (Å²) in [5, 5.41) is 0.875. The van der Waals surface area contributed by atoms with Crippen LogP contribution in [0.3, 0.4) is 0 Å². The number of hydrogen-bond acceptors (Lipinski definition) is 3. The maximum Gasteiger partial charge on any atom is 0.233 e. The number of amides is 1. The molecule has 3 aromatic rings. The predicted octanol–water partition coefficient (Wildman–Crippen LogP) is 6.45. The van der Waals surface area contributed by atoms with Crippen molar-refractivity contribution in [1.82, 2.24) is 14.5 Å². The second-order valence-corrected chi connectivity index (χ2v) is 11.5. The molecule has 0 N–H and O–H groups in total. The summed E-state index contributed by atoms with van der Waals surface area (Å²) in [6.07, 6.45) is 9.96. The largest absolute Gasteiger partial charge is 0.337 e. The minimum Gasteiger partial charge on any atom is -0.337 e. The number of nitrogens with zero attached hydrogens (tertiary/aromatic N) is 3. The quantitative estimate of drug-likeness (QED) is 0.372. The Kier molecular flexibility index (Phi) is 5.76. The Morgan fingerprint density at radius 2 is 1.56 bits per heavy atom. The maximum atomic E-state index is 13.7. The van der Waals surface area contributed by atoms with E-state index in [4.69, 9.17) is 4.98 Å². The van der Waals surface area contributed by atoms with Crippen LogP contribution >= 0.6 is 11.8 Å². The molecule has 7 rings (SSSR count). The smallest absolute Gasteiger partial charge is 0.233 e. The minimum absolute atomic E-state index is 0.116. The molecule has 0 radical (unpaired) electrons. The van der Waals surface area contributed by atoms with E-state index in [0.717, 1.165) is 46.4 Å². The third-order valence-electron chi connectivity index (χ3n) is 8.30. The number of imidazole rings is 1. The average molecular weight is 472 g/mol. The van der Waals surface area contributed by atoms with E-state index >= 15 is 0 Å². The highest BCUT2D eigenvalue weighted by Crippen LogP contribution is 2.57. The van der Waals surface area contributed by atoms with Gasteiger partial charge in [0.1, 0.15) is 0 Å². The number of hydrogen-bond donors (Lipinski definition) is 0. The van der Waals surface area contributed by atoms with Crippen molar-refractivity contribution in [2.75, 3.05) is 12.3 Å². The van der Waals surface area contributed by atoms with E-state index in [2.05, 4.69) is 46.9 Å². The molecule has 1 heterocycles. The van der Waals surface area contributed by atoms with Crippen molar-refractivity contribution < 1.29 is 4.79 Å². The fraction of sp³-hybridized carbons (Fsp3) is 0.448. The number of para-hydroxylation sites is 1. The average Bonchev–Trinajstić information content (AvgIpc) is 3.28. The first-order valence-electron chi connectivity index (χ1n) is 12.8. The molecule has 0 atom stereocenters. The lowest BCUT2D eigenvalue weighted by molar-refractivity contribution is -0.147. The molecular formula is C29H33N3OS. The number of carbonyl (C=O) groups is 1. The molecule has 1 amide bonds. The molecule has 0 unspecified atom stereocenters. The monoisotopic (exact) mass is 471 g/mol. The summed E-state index contributed by atoms with van der Waals surface area (Å²) in [6, 6.07) is 20.6. The Balaban J connectivity index is 1.24. The molecule has 0 aliphatic heterocycles. The normalized spacial score (nSPS) is 27.1. The van der Waals surface area contributed by atoms with E-state index in [-0.39, 0.29) is 11.4 Å². The molecule has 2 aromatic carbocycles. The highest BCUT2D eigenvalue weighted by Gasteiger charge is 2.54. The van der Waals surface area contributed by atoms with E-state index in [1.54, 1.807) is 11.8 Å². The first-order chi connectivity index (χ1) is 16.6. The van der Waals surface area contributed by atoms with E-state index in [1.165, 1.54) is 38.5 Å². The van der Waals surface area contributed by atoms with Gasteiger partial charge < -0.3 is 4.90 Å². The van der Waals surface area contributed by atoms with Gasteiger partial charge in [-0.05, 0) is 75.3 Å². The van der Waals surface area contributed by atoms with Crippen molar-refractivity contribution in [3.05, 3.63) is 66.9 Å². The number of benzene rings is 2. The van der Waals surface area contributed by atoms with Crippen LogP contribution in [0.15, 0.2) is 72.0 Å². The van der Waals surface area contributed by atoms with Crippen LogP contribution in [-0.2, 0) is 4.79 Å². The fourth-order valence-corrected chi connectivity index (χ4v) is 8.23. The topological polar surface area (TPSA) is 38.1 Å². The summed E-state index contributed by atoms with van der Waals surface area (Å²) in [7, 11) is 0. The molecule has 34 heavy (non-hydrogen) atoms. The number of thioether (sulfide) groups is 1. The third kappa shape index (κ3) is 3.98. The van der Waals surface area contributed by atoms with Gasteiger partial charge in [-0.2, -0.15) is 0 Å². The van der Waals surface area contributed by atoms with Crippen LogP contribution in [0.5, 0.6) is 0 Å². The van der Waals surface area contributed by atoms with E-state index in [1.807, 2.05) is 36.4 Å². The molecule has 5 heteroatoms. The summed E-state index contributed by atoms with van der Waals surface area (Å²) in [5.74, 6) is 3.23. The molecule has 1 aromatic heterocycles. The Hall–Kier alpha value is -2.53. The third-order valence-corrected chi connectivity index (χ3v) is 9.24. The van der Waals surface area contributed by atoms with Gasteiger partial charge in [-0.3, -0.25) is 9.36 Å². The molecule has 0 saturated heterocycles. The molecule has 4 aliphatic rings. The van der Waals surface area contributed by atoms with Gasteiger partial charge in [0.25, 0.3) is 0 Å². The predicted molar refractivity (Wildman–Crippen MR) is 138 cm³/mol. The Morgan fingerprint density at radius 3 is 2.15 bits per heavy atom. The van der Waals surface area contributed by atoms with Crippen LogP contribution in [-0.4, -0.2) is 38.2 Å². The fourth-order valence-electron chi connectivity index (χ4n) is 7.36. The number of rotatable bonds is 7. The van der Waals surface area contributed by atoms with E-state index < -0.39 is 0 Å². The van der Waals surface area contributed by atoms with Gasteiger partial charge in [0.15, 0.2) is 5.16 Å². The van der Waals surface area contributed by atoms with Crippen LogP contribution in [0.4, 0.5) is 0 Å². The molecule has 4 saturated carbocycles. The van der Waals surface area contributed by atoms with Crippen LogP contribution < -0.4 is 0 Å². The van der Waals surface area contributed by atoms with Crippen molar-refractivity contribution in [2.45, 2.75) is 56.1 Å². The molecule has 4 fully saturated rings. The number of carbonyl (C=O) groups excluding carboxylic acids is 1. The summed E-state index contributed by atoms with van der Waals surface area (Å²) in [5.41, 5.74) is 3.22. The van der Waals surface area contributed by atoms with Gasteiger partial charge in [-0.15, -0.1) is 0 Å². The molecule has 0 spiro atoms. The van der Waals surface area contributed by atoms with Gasteiger partial charge in [0, 0.05) is 29.5 Å². The maximum absolute atomic E-state index is 13.7. The molecule has 4 aliphatic carbocycles. The van der Waals surface area contributed by atoms with Crippen molar-refractivity contribution >= 4 is 17.7 Å². The van der Waals surface area contributed by atoms with Gasteiger partial charge >= 0.3 is 0 Å². The van der Waals surface area contributed by atoms with Gasteiger partial charge in [0.05, 0.1) is 11.4 Å². The summed E-state index contributed by atoms with van der Waals surface area (Å²) in [6.45, 7) is 2.98. The second kappa shape index (κ2) is 8.92. The van der Waals surface area contributed by atoms with Crippen molar-refractivity contribution in [2.24, 2.45) is 17.8 Å². The first-order valence-corrected chi connectivity index (χ1v) is 13.8. The van der Waals surface area contributed by atoms with Crippen molar-refractivity contribution in [3.63, 3.8) is 0 Å². The van der Waals surface area contributed by atoms with Crippen LogP contribution in [0.2, 0.25) is 0 Å². The number of aromatic nitrogens is 2. The van der Waals surface area contributed by atoms with Crippen LogP contribution in [0.25, 0.3) is 16.9 Å². The van der Waals surface area contributed by atoms with E-state index in [9.17, 15) is 4.79 Å². The summed E-state index contributed by atoms with van der Waals surface area (Å²) < 4.78 is 2.13. The van der Waals surface area contributed by atoms with Gasteiger partial charge in [0.2, 0.25) is 5.91 Å². The molecule has 4 bridgehead atoms. The zero-order chi connectivity index (χ0) is 23.1. The second-order valence-electron chi connectivity index (χ2n) is 10.5. The highest BCUT2D eigenvalue weighted by molar-refractivity contribution is 7.99. The van der Waals surface area contributed by atoms with Gasteiger partial charge in [-0.1, -0.05) is 60.3 Å². The molecular weight excluding hydrogens is 438 g/mol. The summed E-state index contributed by atoms with van der Waals surface area (Å²) >= 11 is 1.57. The van der Waals surface area contributed by atoms with Gasteiger partial charge in [-0.25, -0.2) is 4.98 Å². The SMILES string of the molecule is CCN(C(=O)CSc1nc(-c2ccccc2)cn1-c1ccccc1)C12CC3CC(CC(C3)C1)C2.